The van der Waals surface area contributed by atoms with E-state index in [4.69, 9.17) is 11.6 Å². The molecule has 2 aromatic carbocycles. The number of nitrogens with zero attached hydrogens (tertiary/aromatic N) is 1. The molecular formula is C18H16ClN3O. The number of hydrogen-bond acceptors (Lipinski definition) is 2. The molecule has 0 atom stereocenters. The minimum atomic E-state index is -0.189. The SMILES string of the molecule is Cc1ccc(CNC(=O)c2cc(-c3cccc(Cl)c3)n[nH]2)cc1. The molecule has 1 aromatic heterocycles. The Labute approximate surface area is 139 Å². The van der Waals surface area contributed by atoms with E-state index < -0.39 is 0 Å². The first-order valence-electron chi connectivity index (χ1n) is 7.27. The number of amides is 1. The van der Waals surface area contributed by atoms with Gasteiger partial charge in [0.15, 0.2) is 0 Å². The van der Waals surface area contributed by atoms with Crippen LogP contribution >= 0.6 is 11.6 Å². The van der Waals surface area contributed by atoms with E-state index in [0.29, 0.717) is 23.0 Å². The van der Waals surface area contributed by atoms with Gasteiger partial charge in [-0.1, -0.05) is 53.6 Å². The van der Waals surface area contributed by atoms with Crippen LogP contribution in [0.1, 0.15) is 21.6 Å². The fourth-order valence-corrected chi connectivity index (χ4v) is 2.41. The van der Waals surface area contributed by atoms with Gasteiger partial charge in [-0.3, -0.25) is 9.89 Å². The Morgan fingerprint density at radius 2 is 1.96 bits per heavy atom. The van der Waals surface area contributed by atoms with Crippen LogP contribution in [0.15, 0.2) is 54.6 Å². The lowest BCUT2D eigenvalue weighted by atomic mass is 10.1. The molecule has 5 heteroatoms. The zero-order chi connectivity index (χ0) is 16.2. The van der Waals surface area contributed by atoms with E-state index in [1.165, 1.54) is 5.56 Å². The highest BCUT2D eigenvalue weighted by atomic mass is 35.5. The van der Waals surface area contributed by atoms with Crippen LogP contribution in [0.3, 0.4) is 0 Å². The van der Waals surface area contributed by atoms with Crippen molar-refractivity contribution in [2.45, 2.75) is 13.5 Å². The molecular weight excluding hydrogens is 310 g/mol. The molecule has 0 fully saturated rings. The number of aromatic amines is 1. The molecule has 0 unspecified atom stereocenters. The summed E-state index contributed by atoms with van der Waals surface area (Å²) < 4.78 is 0. The summed E-state index contributed by atoms with van der Waals surface area (Å²) in [6, 6.07) is 17.1. The monoisotopic (exact) mass is 325 g/mol. The number of carbonyl (C=O) groups excluding carboxylic acids is 1. The second-order valence-electron chi connectivity index (χ2n) is 5.35. The minimum absolute atomic E-state index is 0.189. The number of H-pyrrole nitrogens is 1. The Morgan fingerprint density at radius 1 is 1.17 bits per heavy atom. The van der Waals surface area contributed by atoms with Crippen molar-refractivity contribution >= 4 is 17.5 Å². The molecule has 0 aliphatic heterocycles. The highest BCUT2D eigenvalue weighted by Gasteiger charge is 2.11. The fraction of sp³-hybridized carbons (Fsp3) is 0.111. The normalized spacial score (nSPS) is 10.5. The molecule has 3 aromatic rings. The van der Waals surface area contributed by atoms with Crippen LogP contribution < -0.4 is 5.32 Å². The van der Waals surface area contributed by atoms with Crippen molar-refractivity contribution in [2.24, 2.45) is 0 Å². The first-order chi connectivity index (χ1) is 11.1. The lowest BCUT2D eigenvalue weighted by molar-refractivity contribution is 0.0946. The molecule has 23 heavy (non-hydrogen) atoms. The van der Waals surface area contributed by atoms with Crippen molar-refractivity contribution in [3.8, 4) is 11.3 Å². The van der Waals surface area contributed by atoms with Crippen LogP contribution in [0.5, 0.6) is 0 Å². The third kappa shape index (κ3) is 3.79. The van der Waals surface area contributed by atoms with Crippen LogP contribution in [-0.4, -0.2) is 16.1 Å². The van der Waals surface area contributed by atoms with Gasteiger partial charge < -0.3 is 5.32 Å². The van der Waals surface area contributed by atoms with E-state index in [2.05, 4.69) is 15.5 Å². The van der Waals surface area contributed by atoms with Gasteiger partial charge in [-0.2, -0.15) is 5.10 Å². The lowest BCUT2D eigenvalue weighted by Crippen LogP contribution is -2.23. The molecule has 0 saturated carbocycles. The number of halogens is 1. The maximum absolute atomic E-state index is 12.2. The van der Waals surface area contributed by atoms with E-state index in [1.807, 2.05) is 49.4 Å². The van der Waals surface area contributed by atoms with Gasteiger partial charge in [0.2, 0.25) is 0 Å². The van der Waals surface area contributed by atoms with Crippen molar-refractivity contribution in [1.29, 1.82) is 0 Å². The molecule has 0 aliphatic rings. The number of nitrogens with one attached hydrogen (secondary N) is 2. The summed E-state index contributed by atoms with van der Waals surface area (Å²) in [6.07, 6.45) is 0. The summed E-state index contributed by atoms with van der Waals surface area (Å²) in [5.74, 6) is -0.189. The molecule has 1 amide bonds. The number of aromatic nitrogens is 2. The summed E-state index contributed by atoms with van der Waals surface area (Å²) in [7, 11) is 0. The fourth-order valence-electron chi connectivity index (χ4n) is 2.22. The zero-order valence-corrected chi connectivity index (χ0v) is 13.4. The van der Waals surface area contributed by atoms with Gasteiger partial charge in [-0.25, -0.2) is 0 Å². The summed E-state index contributed by atoms with van der Waals surface area (Å²) >= 11 is 5.98. The van der Waals surface area contributed by atoms with Crippen molar-refractivity contribution in [3.63, 3.8) is 0 Å². The number of aryl methyl sites for hydroxylation is 1. The molecule has 2 N–H and O–H groups in total. The molecule has 0 saturated heterocycles. The third-order valence-corrected chi connectivity index (χ3v) is 3.75. The highest BCUT2D eigenvalue weighted by Crippen LogP contribution is 2.21. The second-order valence-corrected chi connectivity index (χ2v) is 5.78. The van der Waals surface area contributed by atoms with E-state index in [-0.39, 0.29) is 5.91 Å². The number of rotatable bonds is 4. The summed E-state index contributed by atoms with van der Waals surface area (Å²) in [6.45, 7) is 2.51. The minimum Gasteiger partial charge on any atom is -0.347 e. The van der Waals surface area contributed by atoms with Gasteiger partial charge in [-0.05, 0) is 30.7 Å². The zero-order valence-electron chi connectivity index (χ0n) is 12.6. The maximum atomic E-state index is 12.2. The third-order valence-electron chi connectivity index (χ3n) is 3.52. The largest absolute Gasteiger partial charge is 0.347 e. The van der Waals surface area contributed by atoms with Gasteiger partial charge in [-0.15, -0.1) is 0 Å². The Kier molecular flexibility index (Phi) is 4.44. The first-order valence-corrected chi connectivity index (χ1v) is 7.65. The van der Waals surface area contributed by atoms with Crippen molar-refractivity contribution < 1.29 is 4.79 Å². The van der Waals surface area contributed by atoms with Crippen LogP contribution in [0.2, 0.25) is 5.02 Å². The van der Waals surface area contributed by atoms with Gasteiger partial charge in [0, 0.05) is 17.1 Å². The average molecular weight is 326 g/mol. The highest BCUT2D eigenvalue weighted by molar-refractivity contribution is 6.30. The number of hydrogen-bond donors (Lipinski definition) is 2. The van der Waals surface area contributed by atoms with Crippen molar-refractivity contribution in [1.82, 2.24) is 15.5 Å². The predicted molar refractivity (Wildman–Crippen MR) is 91.4 cm³/mol. The molecule has 1 heterocycles. The summed E-state index contributed by atoms with van der Waals surface area (Å²) in [5, 5.41) is 10.4. The molecule has 0 spiro atoms. The standard InChI is InChI=1S/C18H16ClN3O/c1-12-5-7-13(8-6-12)11-20-18(23)17-10-16(21-22-17)14-3-2-4-15(19)9-14/h2-10H,11H2,1H3,(H,20,23)(H,21,22). The van der Waals surface area contributed by atoms with Gasteiger partial charge >= 0.3 is 0 Å². The second kappa shape index (κ2) is 6.67. The van der Waals surface area contributed by atoms with Crippen molar-refractivity contribution in [2.75, 3.05) is 0 Å². The van der Waals surface area contributed by atoms with Crippen LogP contribution in [0.4, 0.5) is 0 Å². The molecule has 3 rings (SSSR count). The first kappa shape index (κ1) is 15.3. The van der Waals surface area contributed by atoms with Gasteiger partial charge in [0.25, 0.3) is 5.91 Å². The number of benzene rings is 2. The molecule has 0 radical (unpaired) electrons. The van der Waals surface area contributed by atoms with E-state index >= 15 is 0 Å². The average Bonchev–Trinajstić information content (AvgIpc) is 3.04. The molecule has 0 aliphatic carbocycles. The summed E-state index contributed by atoms with van der Waals surface area (Å²) in [5.41, 5.74) is 4.23. The van der Waals surface area contributed by atoms with Crippen LogP contribution in [-0.2, 0) is 6.54 Å². The van der Waals surface area contributed by atoms with Crippen molar-refractivity contribution in [3.05, 3.63) is 76.4 Å². The van der Waals surface area contributed by atoms with E-state index in [0.717, 1.165) is 11.1 Å². The number of carbonyl (C=O) groups is 1. The molecule has 116 valence electrons. The van der Waals surface area contributed by atoms with E-state index in [9.17, 15) is 4.79 Å². The Balaban J connectivity index is 1.67. The quantitative estimate of drug-likeness (QED) is 0.762. The smallest absolute Gasteiger partial charge is 0.269 e. The van der Waals surface area contributed by atoms with Gasteiger partial charge in [0.05, 0.1) is 5.69 Å². The van der Waals surface area contributed by atoms with E-state index in [1.54, 1.807) is 12.1 Å². The van der Waals surface area contributed by atoms with Gasteiger partial charge in [0.1, 0.15) is 5.69 Å². The molecule has 0 bridgehead atoms. The Morgan fingerprint density at radius 3 is 2.70 bits per heavy atom. The maximum Gasteiger partial charge on any atom is 0.269 e. The lowest BCUT2D eigenvalue weighted by Gasteiger charge is -2.04. The Hall–Kier alpha value is -2.59. The topological polar surface area (TPSA) is 57.8 Å². The van der Waals surface area contributed by atoms with Crippen LogP contribution in [0, 0.1) is 6.92 Å². The predicted octanol–water partition coefficient (Wildman–Crippen LogP) is 3.97. The Bertz CT molecular complexity index is 824. The molecule has 4 nitrogen and oxygen atoms in total. The van der Waals surface area contributed by atoms with Crippen LogP contribution in [0.25, 0.3) is 11.3 Å². The summed E-state index contributed by atoms with van der Waals surface area (Å²) in [4.78, 5) is 12.2.